The van der Waals surface area contributed by atoms with Crippen molar-refractivity contribution in [3.8, 4) is 11.1 Å². The Kier molecular flexibility index (Phi) is 7.58. The number of hydrogen-bond donors (Lipinski definition) is 2. The van der Waals surface area contributed by atoms with Gasteiger partial charge < -0.3 is 20.1 Å². The van der Waals surface area contributed by atoms with Crippen LogP contribution in [0, 0.1) is 0 Å². The minimum Gasteiger partial charge on any atom is -0.478 e. The monoisotopic (exact) mass is 396 g/mol. The van der Waals surface area contributed by atoms with Crippen molar-refractivity contribution in [2.45, 2.75) is 26.2 Å². The van der Waals surface area contributed by atoms with Gasteiger partial charge in [0.2, 0.25) is 5.95 Å². The first-order valence-corrected chi connectivity index (χ1v) is 10.1. The molecule has 0 aliphatic carbocycles. The lowest BCUT2D eigenvalue weighted by atomic mass is 10.0. The van der Waals surface area contributed by atoms with Gasteiger partial charge in [-0.05, 0) is 29.7 Å². The van der Waals surface area contributed by atoms with Crippen molar-refractivity contribution < 1.29 is 14.6 Å². The summed E-state index contributed by atoms with van der Waals surface area (Å²) in [6.07, 6.45) is 8.02. The summed E-state index contributed by atoms with van der Waals surface area (Å²) in [5, 5.41) is 12.2. The molecule has 2 heterocycles. The zero-order valence-corrected chi connectivity index (χ0v) is 16.8. The lowest BCUT2D eigenvalue weighted by Gasteiger charge is -2.29. The van der Waals surface area contributed by atoms with Crippen LogP contribution in [0.2, 0.25) is 0 Å². The molecule has 0 atom stereocenters. The minimum atomic E-state index is -0.966. The van der Waals surface area contributed by atoms with E-state index in [0.717, 1.165) is 54.6 Å². The summed E-state index contributed by atoms with van der Waals surface area (Å²) in [6, 6.07) is 7.74. The molecule has 0 spiro atoms. The molecule has 0 amide bonds. The number of anilines is 2. The van der Waals surface area contributed by atoms with Gasteiger partial charge in [0.25, 0.3) is 0 Å². The van der Waals surface area contributed by atoms with Crippen LogP contribution >= 0.6 is 0 Å². The number of carboxylic acids is 1. The van der Waals surface area contributed by atoms with Gasteiger partial charge in [0, 0.05) is 37.5 Å². The first-order valence-electron chi connectivity index (χ1n) is 10.1. The fourth-order valence-electron chi connectivity index (χ4n) is 3.23. The third-order valence-electron chi connectivity index (χ3n) is 4.76. The Hall–Kier alpha value is -2.93. The van der Waals surface area contributed by atoms with Crippen LogP contribution in [0.5, 0.6) is 0 Å². The first-order chi connectivity index (χ1) is 14.2. The number of nitrogens with zero attached hydrogens (tertiary/aromatic N) is 3. The number of carbonyl (C=O) groups is 1. The number of nitrogens with one attached hydrogen (secondary N) is 1. The molecule has 154 valence electrons. The highest BCUT2D eigenvalue weighted by Crippen LogP contribution is 2.31. The lowest BCUT2D eigenvalue weighted by molar-refractivity contribution is -0.131. The molecule has 0 unspecified atom stereocenters. The van der Waals surface area contributed by atoms with Crippen LogP contribution in [0.3, 0.4) is 0 Å². The second kappa shape index (κ2) is 10.6. The van der Waals surface area contributed by atoms with E-state index >= 15 is 0 Å². The first kappa shape index (κ1) is 20.8. The maximum atomic E-state index is 10.8. The van der Waals surface area contributed by atoms with Crippen molar-refractivity contribution in [3.05, 3.63) is 42.1 Å². The fraction of sp³-hybridized carbons (Fsp3) is 0.409. The maximum absolute atomic E-state index is 10.8. The molecule has 0 bridgehead atoms. The second-order valence-corrected chi connectivity index (χ2v) is 6.96. The Labute approximate surface area is 171 Å². The normalized spacial score (nSPS) is 14.3. The number of aromatic nitrogens is 2. The van der Waals surface area contributed by atoms with Crippen molar-refractivity contribution in [2.24, 2.45) is 0 Å². The van der Waals surface area contributed by atoms with Crippen LogP contribution in [0.1, 0.15) is 31.7 Å². The van der Waals surface area contributed by atoms with E-state index in [4.69, 9.17) is 14.8 Å². The zero-order chi connectivity index (χ0) is 20.5. The highest BCUT2D eigenvalue weighted by Gasteiger charge is 2.19. The number of benzene rings is 1. The van der Waals surface area contributed by atoms with Crippen molar-refractivity contribution in [1.29, 1.82) is 0 Å². The molecule has 2 N–H and O–H groups in total. The number of ether oxygens (including phenoxy) is 1. The largest absolute Gasteiger partial charge is 0.478 e. The maximum Gasteiger partial charge on any atom is 0.328 e. The number of rotatable bonds is 9. The molecule has 1 aromatic heterocycles. The molecule has 0 radical (unpaired) electrons. The molecule has 7 heteroatoms. The van der Waals surface area contributed by atoms with E-state index in [0.29, 0.717) is 19.2 Å². The molecule has 7 nitrogen and oxygen atoms in total. The van der Waals surface area contributed by atoms with E-state index in [1.54, 1.807) is 6.08 Å². The van der Waals surface area contributed by atoms with Crippen LogP contribution in [0.15, 0.2) is 36.5 Å². The molecule has 1 aliphatic rings. The number of aliphatic carboxylic acids is 1. The number of hydrogen-bond acceptors (Lipinski definition) is 6. The molecule has 1 aromatic carbocycles. The van der Waals surface area contributed by atoms with Crippen LogP contribution in [-0.4, -0.2) is 53.9 Å². The highest BCUT2D eigenvalue weighted by molar-refractivity contribution is 5.86. The summed E-state index contributed by atoms with van der Waals surface area (Å²) < 4.78 is 5.50. The average Bonchev–Trinajstić information content (AvgIpc) is 2.76. The van der Waals surface area contributed by atoms with Crippen LogP contribution in [0.25, 0.3) is 17.2 Å². The zero-order valence-electron chi connectivity index (χ0n) is 16.8. The molecular formula is C22H28N4O3. The molecular weight excluding hydrogens is 368 g/mol. The molecule has 1 saturated heterocycles. The van der Waals surface area contributed by atoms with Crippen molar-refractivity contribution in [1.82, 2.24) is 9.97 Å². The van der Waals surface area contributed by atoms with Gasteiger partial charge in [0.1, 0.15) is 5.82 Å². The smallest absolute Gasteiger partial charge is 0.328 e. The third kappa shape index (κ3) is 6.02. The highest BCUT2D eigenvalue weighted by atomic mass is 16.5. The van der Waals surface area contributed by atoms with Gasteiger partial charge in [-0.3, -0.25) is 0 Å². The van der Waals surface area contributed by atoms with Gasteiger partial charge in [0.15, 0.2) is 0 Å². The Balaban J connectivity index is 1.90. The second-order valence-electron chi connectivity index (χ2n) is 6.96. The summed E-state index contributed by atoms with van der Waals surface area (Å²) in [6.45, 7) is 5.93. The number of unbranched alkanes of at least 4 members (excludes halogenated alkanes) is 2. The van der Waals surface area contributed by atoms with Crippen molar-refractivity contribution >= 4 is 23.8 Å². The quantitative estimate of drug-likeness (QED) is 0.494. The summed E-state index contributed by atoms with van der Waals surface area (Å²) in [5.74, 6) is 0.542. The summed E-state index contributed by atoms with van der Waals surface area (Å²) >= 11 is 0. The van der Waals surface area contributed by atoms with Gasteiger partial charge in [-0.15, -0.1) is 0 Å². The summed E-state index contributed by atoms with van der Waals surface area (Å²) in [4.78, 5) is 22.4. The van der Waals surface area contributed by atoms with E-state index in [1.165, 1.54) is 12.8 Å². The van der Waals surface area contributed by atoms with E-state index < -0.39 is 5.97 Å². The molecule has 1 fully saturated rings. The molecule has 0 saturated carbocycles. The standard InChI is InChI=1S/C22H28N4O3/c1-2-3-4-10-23-22-24-16-19(21(25-22)26-11-13-29-14-12-26)18-7-5-6-17(15-18)8-9-20(27)28/h5-9,15-16H,2-4,10-14H2,1H3,(H,27,28)(H,23,24,25)/b9-8+. The molecule has 29 heavy (non-hydrogen) atoms. The van der Waals surface area contributed by atoms with Gasteiger partial charge in [-0.2, -0.15) is 4.98 Å². The summed E-state index contributed by atoms with van der Waals surface area (Å²) in [7, 11) is 0. The van der Waals surface area contributed by atoms with Gasteiger partial charge in [-0.1, -0.05) is 38.0 Å². The summed E-state index contributed by atoms with van der Waals surface area (Å²) in [5.41, 5.74) is 2.70. The average molecular weight is 396 g/mol. The van der Waals surface area contributed by atoms with E-state index in [1.807, 2.05) is 30.5 Å². The Morgan fingerprint density at radius 1 is 1.31 bits per heavy atom. The van der Waals surface area contributed by atoms with Crippen LogP contribution in [0.4, 0.5) is 11.8 Å². The minimum absolute atomic E-state index is 0.633. The van der Waals surface area contributed by atoms with Gasteiger partial charge in [-0.25, -0.2) is 9.78 Å². The lowest BCUT2D eigenvalue weighted by Crippen LogP contribution is -2.37. The van der Waals surface area contributed by atoms with Gasteiger partial charge >= 0.3 is 5.97 Å². The number of carboxylic acid groups (broad SMARTS) is 1. The number of morpholine rings is 1. The Bertz CT molecular complexity index is 848. The van der Waals surface area contributed by atoms with E-state index in [2.05, 4.69) is 22.1 Å². The van der Waals surface area contributed by atoms with Crippen LogP contribution in [-0.2, 0) is 9.53 Å². The molecule has 3 rings (SSSR count). The van der Waals surface area contributed by atoms with Crippen LogP contribution < -0.4 is 10.2 Å². The van der Waals surface area contributed by atoms with Crippen molar-refractivity contribution in [2.75, 3.05) is 43.1 Å². The molecule has 2 aromatic rings. The Morgan fingerprint density at radius 3 is 2.90 bits per heavy atom. The third-order valence-corrected chi connectivity index (χ3v) is 4.76. The molecule has 1 aliphatic heterocycles. The fourth-order valence-corrected chi connectivity index (χ4v) is 3.23. The van der Waals surface area contributed by atoms with E-state index in [9.17, 15) is 4.79 Å². The van der Waals surface area contributed by atoms with Gasteiger partial charge in [0.05, 0.1) is 13.2 Å². The van der Waals surface area contributed by atoms with E-state index in [-0.39, 0.29) is 0 Å². The SMILES string of the molecule is CCCCCNc1ncc(-c2cccc(/C=C/C(=O)O)c2)c(N2CCOCC2)n1. The topological polar surface area (TPSA) is 87.6 Å². The predicted molar refractivity (Wildman–Crippen MR) is 115 cm³/mol. The Morgan fingerprint density at radius 2 is 2.14 bits per heavy atom. The predicted octanol–water partition coefficient (Wildman–Crippen LogP) is 3.68. The van der Waals surface area contributed by atoms with Crippen molar-refractivity contribution in [3.63, 3.8) is 0 Å².